The van der Waals surface area contributed by atoms with E-state index in [-0.39, 0.29) is 10.6 Å². The smallest absolute Gasteiger partial charge is 0.240 e. The summed E-state index contributed by atoms with van der Waals surface area (Å²) in [7, 11) is -3.74. The molecule has 0 aliphatic rings. The molecule has 90 valence electrons. The van der Waals surface area contributed by atoms with Crippen molar-refractivity contribution in [2.75, 3.05) is 11.1 Å². The fourth-order valence-electron chi connectivity index (χ4n) is 1.28. The molecule has 1 atom stereocenters. The number of sulfonamides is 1. The van der Waals surface area contributed by atoms with Crippen molar-refractivity contribution in [3.8, 4) is 0 Å². The van der Waals surface area contributed by atoms with E-state index >= 15 is 0 Å². The predicted molar refractivity (Wildman–Crippen MR) is 65.6 cm³/mol. The molecule has 5 N–H and O–H groups in total. The topological polar surface area (TPSA) is 98.2 Å². The first kappa shape index (κ1) is 12.8. The number of anilines is 2. The average Bonchev–Trinajstić information content (AvgIpc) is 2.15. The summed E-state index contributed by atoms with van der Waals surface area (Å²) in [5.41, 5.74) is 6.58. The van der Waals surface area contributed by atoms with Crippen LogP contribution in [0.25, 0.3) is 0 Å². The Labute approximate surface area is 95.9 Å². The summed E-state index contributed by atoms with van der Waals surface area (Å²) < 4.78 is 22.2. The molecule has 5 nitrogen and oxygen atoms in total. The van der Waals surface area contributed by atoms with Crippen LogP contribution in [0.3, 0.4) is 0 Å². The van der Waals surface area contributed by atoms with Crippen molar-refractivity contribution >= 4 is 21.4 Å². The Morgan fingerprint density at radius 2 is 2.06 bits per heavy atom. The average molecular weight is 243 g/mol. The Kier molecular flexibility index (Phi) is 3.77. The lowest BCUT2D eigenvalue weighted by molar-refractivity contribution is 0.598. The maximum atomic E-state index is 11.1. The quantitative estimate of drug-likeness (QED) is 0.690. The first-order chi connectivity index (χ1) is 7.34. The van der Waals surface area contributed by atoms with Crippen LogP contribution in [0, 0.1) is 0 Å². The van der Waals surface area contributed by atoms with Gasteiger partial charge in [-0.15, -0.1) is 0 Å². The Morgan fingerprint density at radius 3 is 2.50 bits per heavy atom. The molecule has 0 aromatic heterocycles. The minimum absolute atomic E-state index is 0.0396. The highest BCUT2D eigenvalue weighted by Gasteiger charge is 2.12. The molecule has 1 aromatic carbocycles. The SMILES string of the molecule is CCC(C)Nc1ccc(S(N)(=O)=O)c(N)c1. The van der Waals surface area contributed by atoms with Crippen LogP contribution in [0.1, 0.15) is 20.3 Å². The van der Waals surface area contributed by atoms with Crippen molar-refractivity contribution in [2.45, 2.75) is 31.2 Å². The molecule has 0 saturated heterocycles. The predicted octanol–water partition coefficient (Wildman–Crippen LogP) is 1.13. The monoisotopic (exact) mass is 243 g/mol. The van der Waals surface area contributed by atoms with Gasteiger partial charge in [-0.25, -0.2) is 13.6 Å². The summed E-state index contributed by atoms with van der Waals surface area (Å²) in [6.07, 6.45) is 0.969. The molecule has 6 heteroatoms. The number of nitrogens with two attached hydrogens (primary N) is 2. The van der Waals surface area contributed by atoms with Crippen LogP contribution in [0.4, 0.5) is 11.4 Å². The zero-order chi connectivity index (χ0) is 12.3. The van der Waals surface area contributed by atoms with Gasteiger partial charge < -0.3 is 11.1 Å². The molecule has 0 aliphatic carbocycles. The van der Waals surface area contributed by atoms with E-state index in [1.807, 2.05) is 6.92 Å². The maximum Gasteiger partial charge on any atom is 0.240 e. The third-order valence-electron chi connectivity index (χ3n) is 2.34. The van der Waals surface area contributed by atoms with Crippen molar-refractivity contribution in [1.29, 1.82) is 0 Å². The van der Waals surface area contributed by atoms with Crippen LogP contribution in [0.15, 0.2) is 23.1 Å². The van der Waals surface area contributed by atoms with Crippen molar-refractivity contribution < 1.29 is 8.42 Å². The van der Waals surface area contributed by atoms with Crippen molar-refractivity contribution in [3.05, 3.63) is 18.2 Å². The van der Waals surface area contributed by atoms with E-state index in [4.69, 9.17) is 10.9 Å². The number of benzene rings is 1. The van der Waals surface area contributed by atoms with E-state index < -0.39 is 10.0 Å². The van der Waals surface area contributed by atoms with Crippen LogP contribution in [0.2, 0.25) is 0 Å². The van der Waals surface area contributed by atoms with Crippen LogP contribution in [-0.4, -0.2) is 14.5 Å². The highest BCUT2D eigenvalue weighted by Crippen LogP contribution is 2.21. The highest BCUT2D eigenvalue weighted by atomic mass is 32.2. The van der Waals surface area contributed by atoms with Gasteiger partial charge in [0.2, 0.25) is 10.0 Å². The molecule has 1 rings (SSSR count). The molecule has 0 saturated carbocycles. The molecule has 0 radical (unpaired) electrons. The molecule has 0 heterocycles. The van der Waals surface area contributed by atoms with E-state index in [0.717, 1.165) is 12.1 Å². The van der Waals surface area contributed by atoms with Crippen LogP contribution in [0.5, 0.6) is 0 Å². The summed E-state index contributed by atoms with van der Waals surface area (Å²) in [6.45, 7) is 4.09. The number of hydrogen-bond acceptors (Lipinski definition) is 4. The number of primary sulfonamides is 1. The fraction of sp³-hybridized carbons (Fsp3) is 0.400. The molecule has 16 heavy (non-hydrogen) atoms. The van der Waals surface area contributed by atoms with E-state index in [1.165, 1.54) is 6.07 Å². The van der Waals surface area contributed by atoms with E-state index in [9.17, 15) is 8.42 Å². The van der Waals surface area contributed by atoms with Crippen molar-refractivity contribution in [1.82, 2.24) is 0 Å². The highest BCUT2D eigenvalue weighted by molar-refractivity contribution is 7.89. The molecular formula is C10H17N3O2S. The van der Waals surface area contributed by atoms with Gasteiger partial charge in [0.05, 0.1) is 5.69 Å². The second-order valence-corrected chi connectivity index (χ2v) is 5.28. The van der Waals surface area contributed by atoms with Crippen LogP contribution >= 0.6 is 0 Å². The molecule has 1 aromatic rings. The summed E-state index contributed by atoms with van der Waals surface area (Å²) in [5.74, 6) is 0. The van der Waals surface area contributed by atoms with Crippen LogP contribution < -0.4 is 16.2 Å². The molecule has 0 aliphatic heterocycles. The first-order valence-electron chi connectivity index (χ1n) is 5.03. The number of nitrogens with one attached hydrogen (secondary N) is 1. The van der Waals surface area contributed by atoms with Crippen molar-refractivity contribution in [3.63, 3.8) is 0 Å². The third-order valence-corrected chi connectivity index (χ3v) is 3.33. The molecule has 1 unspecified atom stereocenters. The zero-order valence-corrected chi connectivity index (χ0v) is 10.2. The lowest BCUT2D eigenvalue weighted by Crippen LogP contribution is -2.16. The number of hydrogen-bond donors (Lipinski definition) is 3. The van der Waals surface area contributed by atoms with E-state index in [1.54, 1.807) is 12.1 Å². The van der Waals surface area contributed by atoms with Gasteiger partial charge in [0.1, 0.15) is 4.90 Å². The van der Waals surface area contributed by atoms with Gasteiger partial charge in [0.25, 0.3) is 0 Å². The molecular weight excluding hydrogens is 226 g/mol. The second kappa shape index (κ2) is 4.71. The summed E-state index contributed by atoms with van der Waals surface area (Å²) >= 11 is 0. The normalized spacial score (nSPS) is 13.4. The third kappa shape index (κ3) is 3.11. The second-order valence-electron chi connectivity index (χ2n) is 3.75. The van der Waals surface area contributed by atoms with Gasteiger partial charge in [0, 0.05) is 11.7 Å². The number of nitrogen functional groups attached to an aromatic ring is 1. The fourth-order valence-corrected chi connectivity index (χ4v) is 1.93. The van der Waals surface area contributed by atoms with E-state index in [0.29, 0.717) is 6.04 Å². The minimum Gasteiger partial charge on any atom is -0.398 e. The Hall–Kier alpha value is -1.27. The van der Waals surface area contributed by atoms with Gasteiger partial charge >= 0.3 is 0 Å². The molecule has 0 spiro atoms. The largest absolute Gasteiger partial charge is 0.398 e. The zero-order valence-electron chi connectivity index (χ0n) is 9.40. The van der Waals surface area contributed by atoms with Crippen LogP contribution in [-0.2, 0) is 10.0 Å². The van der Waals surface area contributed by atoms with Gasteiger partial charge in [-0.3, -0.25) is 0 Å². The Morgan fingerprint density at radius 1 is 1.44 bits per heavy atom. The maximum absolute atomic E-state index is 11.1. The van der Waals surface area contributed by atoms with Crippen molar-refractivity contribution in [2.24, 2.45) is 5.14 Å². The van der Waals surface area contributed by atoms with Gasteiger partial charge in [-0.2, -0.15) is 0 Å². The molecule has 0 amide bonds. The Bertz CT molecular complexity index is 471. The first-order valence-corrected chi connectivity index (χ1v) is 6.58. The van der Waals surface area contributed by atoms with E-state index in [2.05, 4.69) is 12.2 Å². The lowest BCUT2D eigenvalue weighted by atomic mass is 10.2. The Balaban J connectivity index is 3.01. The standard InChI is InChI=1S/C10H17N3O2S/c1-3-7(2)13-8-4-5-10(9(11)6-8)16(12,14)15/h4-7,13H,3,11H2,1-2H3,(H2,12,14,15). The summed E-state index contributed by atoms with van der Waals surface area (Å²) in [5, 5.41) is 8.20. The summed E-state index contributed by atoms with van der Waals surface area (Å²) in [6, 6.07) is 4.95. The molecule has 0 fully saturated rings. The lowest BCUT2D eigenvalue weighted by Gasteiger charge is -2.14. The minimum atomic E-state index is -3.74. The summed E-state index contributed by atoms with van der Waals surface area (Å²) in [4.78, 5) is -0.0396. The van der Waals surface area contributed by atoms with Gasteiger partial charge in [0.15, 0.2) is 0 Å². The number of rotatable bonds is 4. The van der Waals surface area contributed by atoms with Gasteiger partial charge in [-0.05, 0) is 31.5 Å². The van der Waals surface area contributed by atoms with Gasteiger partial charge in [-0.1, -0.05) is 6.92 Å². The molecule has 0 bridgehead atoms.